The zero-order chi connectivity index (χ0) is 14.9. The smallest absolute Gasteiger partial charge is 0.241 e. The van der Waals surface area contributed by atoms with Crippen LogP contribution in [0.2, 0.25) is 0 Å². The van der Waals surface area contributed by atoms with Crippen molar-refractivity contribution in [2.24, 2.45) is 0 Å². The lowest BCUT2D eigenvalue weighted by atomic mass is 10.2. The molecule has 1 aromatic heterocycles. The topological polar surface area (TPSA) is 85.1 Å². The highest BCUT2D eigenvalue weighted by Crippen LogP contribution is 2.21. The number of nitrogen functional groups attached to an aromatic ring is 1. The minimum atomic E-state index is -3.75. The Morgan fingerprint density at radius 2 is 2.10 bits per heavy atom. The van der Waals surface area contributed by atoms with Gasteiger partial charge in [-0.05, 0) is 31.5 Å². The second-order valence-corrected chi connectivity index (χ2v) is 7.02. The summed E-state index contributed by atoms with van der Waals surface area (Å²) < 4.78 is 40.1. The van der Waals surface area contributed by atoms with E-state index >= 15 is 0 Å². The first kappa shape index (κ1) is 14.9. The van der Waals surface area contributed by atoms with Crippen LogP contribution >= 0.6 is 11.3 Å². The second-order valence-electron chi connectivity index (χ2n) is 4.35. The molecule has 1 heterocycles. The van der Waals surface area contributed by atoms with Crippen LogP contribution in [0.4, 0.5) is 10.1 Å². The minimum absolute atomic E-state index is 0.0234. The molecule has 0 saturated heterocycles. The monoisotopic (exact) mass is 315 g/mol. The third-order valence-corrected chi connectivity index (χ3v) is 5.17. The predicted octanol–water partition coefficient (Wildman–Crippen LogP) is 1.96. The van der Waals surface area contributed by atoms with E-state index < -0.39 is 15.8 Å². The Kier molecular flexibility index (Phi) is 4.07. The van der Waals surface area contributed by atoms with Crippen LogP contribution < -0.4 is 10.5 Å². The number of benzene rings is 1. The zero-order valence-corrected chi connectivity index (χ0v) is 12.6. The Labute approximate surface area is 120 Å². The summed E-state index contributed by atoms with van der Waals surface area (Å²) in [5.74, 6) is -0.628. The van der Waals surface area contributed by atoms with Crippen LogP contribution in [0, 0.1) is 19.7 Å². The third kappa shape index (κ3) is 3.14. The molecular formula is C12H14FN3O2S2. The van der Waals surface area contributed by atoms with E-state index in [1.807, 2.05) is 12.3 Å². The average molecular weight is 315 g/mol. The van der Waals surface area contributed by atoms with Gasteiger partial charge in [0.1, 0.15) is 10.8 Å². The highest BCUT2D eigenvalue weighted by atomic mass is 32.2. The van der Waals surface area contributed by atoms with Crippen LogP contribution in [0.25, 0.3) is 0 Å². The van der Waals surface area contributed by atoms with Crippen molar-refractivity contribution in [2.75, 3.05) is 5.73 Å². The molecule has 2 aromatic rings. The Hall–Kier alpha value is -1.51. The molecule has 108 valence electrons. The zero-order valence-electron chi connectivity index (χ0n) is 11.0. The number of halogens is 1. The van der Waals surface area contributed by atoms with Gasteiger partial charge in [0.15, 0.2) is 0 Å². The minimum Gasteiger partial charge on any atom is -0.396 e. The van der Waals surface area contributed by atoms with Crippen molar-refractivity contribution in [1.29, 1.82) is 0 Å². The summed E-state index contributed by atoms with van der Waals surface area (Å²) in [6, 6.07) is 2.23. The Bertz CT molecular complexity index is 741. The number of aromatic nitrogens is 1. The number of anilines is 1. The molecule has 2 rings (SSSR count). The number of hydrogen-bond acceptors (Lipinski definition) is 5. The van der Waals surface area contributed by atoms with Gasteiger partial charge < -0.3 is 5.73 Å². The first-order valence-corrected chi connectivity index (χ1v) is 8.12. The lowest BCUT2D eigenvalue weighted by Crippen LogP contribution is -2.24. The van der Waals surface area contributed by atoms with Gasteiger partial charge >= 0.3 is 0 Å². The van der Waals surface area contributed by atoms with E-state index in [1.54, 1.807) is 0 Å². The van der Waals surface area contributed by atoms with Gasteiger partial charge in [-0.1, -0.05) is 0 Å². The maximum Gasteiger partial charge on any atom is 0.241 e. The molecule has 3 N–H and O–H groups in total. The molecule has 0 amide bonds. The Morgan fingerprint density at radius 3 is 2.70 bits per heavy atom. The summed E-state index contributed by atoms with van der Waals surface area (Å²) in [5.41, 5.74) is 6.37. The fraction of sp³-hybridized carbons (Fsp3) is 0.250. The number of nitrogens with zero attached hydrogens (tertiary/aromatic N) is 1. The summed E-state index contributed by atoms with van der Waals surface area (Å²) in [5, 5.41) is 2.50. The van der Waals surface area contributed by atoms with Gasteiger partial charge in [0.25, 0.3) is 0 Å². The predicted molar refractivity (Wildman–Crippen MR) is 76.4 cm³/mol. The summed E-state index contributed by atoms with van der Waals surface area (Å²) in [6.07, 6.45) is 0. The molecule has 5 nitrogen and oxygen atoms in total. The largest absolute Gasteiger partial charge is 0.396 e. The van der Waals surface area contributed by atoms with Crippen molar-refractivity contribution in [1.82, 2.24) is 9.71 Å². The second kappa shape index (κ2) is 5.47. The summed E-state index contributed by atoms with van der Waals surface area (Å²) in [6.45, 7) is 3.45. The number of hydrogen-bond donors (Lipinski definition) is 2. The van der Waals surface area contributed by atoms with E-state index in [1.165, 1.54) is 18.3 Å². The fourth-order valence-electron chi connectivity index (χ4n) is 1.68. The third-order valence-electron chi connectivity index (χ3n) is 2.66. The number of aryl methyl sites for hydroxylation is 2. The molecule has 0 radical (unpaired) electrons. The Balaban J connectivity index is 2.24. The molecule has 0 saturated carbocycles. The molecule has 0 unspecified atom stereocenters. The first-order chi connectivity index (χ1) is 9.29. The van der Waals surface area contributed by atoms with Gasteiger partial charge in [-0.3, -0.25) is 0 Å². The van der Waals surface area contributed by atoms with Crippen LogP contribution in [0.15, 0.2) is 22.4 Å². The van der Waals surface area contributed by atoms with Crippen LogP contribution in [0.1, 0.15) is 16.3 Å². The molecule has 20 heavy (non-hydrogen) atoms. The van der Waals surface area contributed by atoms with Crippen molar-refractivity contribution in [2.45, 2.75) is 25.3 Å². The quantitative estimate of drug-likeness (QED) is 0.845. The molecule has 0 aliphatic rings. The van der Waals surface area contributed by atoms with E-state index in [-0.39, 0.29) is 17.1 Å². The van der Waals surface area contributed by atoms with E-state index in [0.29, 0.717) is 10.6 Å². The lowest BCUT2D eigenvalue weighted by molar-refractivity contribution is 0.579. The molecule has 0 bridgehead atoms. The lowest BCUT2D eigenvalue weighted by Gasteiger charge is -2.09. The van der Waals surface area contributed by atoms with Crippen molar-refractivity contribution < 1.29 is 12.8 Å². The van der Waals surface area contributed by atoms with Gasteiger partial charge in [0, 0.05) is 11.1 Å². The molecule has 0 fully saturated rings. The average Bonchev–Trinajstić information content (AvgIpc) is 2.77. The molecule has 1 aromatic carbocycles. The Morgan fingerprint density at radius 1 is 1.40 bits per heavy atom. The molecule has 0 aliphatic carbocycles. The van der Waals surface area contributed by atoms with E-state index in [0.717, 1.165) is 17.8 Å². The summed E-state index contributed by atoms with van der Waals surface area (Å²) >= 11 is 1.37. The number of sulfonamides is 1. The van der Waals surface area contributed by atoms with Crippen molar-refractivity contribution >= 4 is 27.0 Å². The van der Waals surface area contributed by atoms with E-state index in [9.17, 15) is 12.8 Å². The van der Waals surface area contributed by atoms with Gasteiger partial charge in [0.05, 0.1) is 17.1 Å². The van der Waals surface area contributed by atoms with E-state index in [4.69, 9.17) is 5.73 Å². The van der Waals surface area contributed by atoms with Gasteiger partial charge in [-0.15, -0.1) is 11.3 Å². The maximum absolute atomic E-state index is 13.3. The van der Waals surface area contributed by atoms with Crippen LogP contribution in [-0.2, 0) is 16.6 Å². The van der Waals surface area contributed by atoms with Crippen molar-refractivity contribution in [3.63, 3.8) is 0 Å². The first-order valence-electron chi connectivity index (χ1n) is 5.76. The highest BCUT2D eigenvalue weighted by Gasteiger charge is 2.19. The number of nitrogens with one attached hydrogen (secondary N) is 1. The fourth-order valence-corrected chi connectivity index (χ4v) is 3.73. The van der Waals surface area contributed by atoms with Gasteiger partial charge in [-0.2, -0.15) is 0 Å². The van der Waals surface area contributed by atoms with Crippen LogP contribution in [0.3, 0.4) is 0 Å². The molecule has 0 aliphatic heterocycles. The molecule has 8 heteroatoms. The number of thiazole rings is 1. The molecule has 0 atom stereocenters. The normalized spacial score (nSPS) is 11.8. The number of rotatable bonds is 4. The van der Waals surface area contributed by atoms with Crippen LogP contribution in [0.5, 0.6) is 0 Å². The molecular weight excluding hydrogens is 301 g/mol. The van der Waals surface area contributed by atoms with Gasteiger partial charge in [-0.25, -0.2) is 22.5 Å². The van der Waals surface area contributed by atoms with E-state index in [2.05, 4.69) is 9.71 Å². The summed E-state index contributed by atoms with van der Waals surface area (Å²) in [4.78, 5) is 4.14. The summed E-state index contributed by atoms with van der Waals surface area (Å²) in [7, 11) is -3.75. The maximum atomic E-state index is 13.3. The SMILES string of the molecule is Cc1csc(CNS(=O)(=O)c2cc(N)c(F)cc2C)n1. The molecule has 0 spiro atoms. The number of nitrogens with two attached hydrogens (primary N) is 1. The van der Waals surface area contributed by atoms with Crippen molar-refractivity contribution in [3.8, 4) is 0 Å². The van der Waals surface area contributed by atoms with Gasteiger partial charge in [0.2, 0.25) is 10.0 Å². The highest BCUT2D eigenvalue weighted by molar-refractivity contribution is 7.89. The van der Waals surface area contributed by atoms with Crippen LogP contribution in [-0.4, -0.2) is 13.4 Å². The standard InChI is InChI=1S/C12H14FN3O2S2/c1-7-3-9(13)10(14)4-11(7)20(17,18)15-5-12-16-8(2)6-19-12/h3-4,6,15H,5,14H2,1-2H3. The van der Waals surface area contributed by atoms with Crippen molar-refractivity contribution in [3.05, 3.63) is 39.6 Å².